The maximum absolute atomic E-state index is 12.6. The van der Waals surface area contributed by atoms with Crippen molar-refractivity contribution in [1.82, 2.24) is 15.1 Å². The van der Waals surface area contributed by atoms with Gasteiger partial charge in [-0.25, -0.2) is 0 Å². The van der Waals surface area contributed by atoms with Gasteiger partial charge in [-0.15, -0.1) is 0 Å². The third-order valence-electron chi connectivity index (χ3n) is 3.58. The van der Waals surface area contributed by atoms with Crippen LogP contribution in [0.2, 0.25) is 5.02 Å². The maximum atomic E-state index is 12.6. The van der Waals surface area contributed by atoms with Crippen molar-refractivity contribution in [3.63, 3.8) is 0 Å². The van der Waals surface area contributed by atoms with Gasteiger partial charge in [0.05, 0.1) is 5.52 Å². The zero-order chi connectivity index (χ0) is 15.7. The summed E-state index contributed by atoms with van der Waals surface area (Å²) in [5.74, 6) is -0.114. The van der Waals surface area contributed by atoms with Crippen LogP contribution in [0.1, 0.15) is 21.6 Å². The molecular formula is C17H16ClN3O. The molecule has 5 heteroatoms. The van der Waals surface area contributed by atoms with E-state index in [-0.39, 0.29) is 5.91 Å². The Morgan fingerprint density at radius 2 is 2.09 bits per heavy atom. The number of nitrogens with zero attached hydrogens (tertiary/aromatic N) is 2. The third kappa shape index (κ3) is 2.83. The average Bonchev–Trinajstić information content (AvgIpc) is 2.89. The molecule has 1 amide bonds. The van der Waals surface area contributed by atoms with E-state index in [4.69, 9.17) is 11.6 Å². The predicted molar refractivity (Wildman–Crippen MR) is 88.1 cm³/mol. The molecule has 0 unspecified atom stereocenters. The van der Waals surface area contributed by atoms with Crippen LogP contribution in [-0.2, 0) is 6.54 Å². The first-order valence-corrected chi connectivity index (χ1v) is 7.37. The van der Waals surface area contributed by atoms with Crippen molar-refractivity contribution in [1.29, 1.82) is 0 Å². The highest BCUT2D eigenvalue weighted by molar-refractivity contribution is 6.30. The van der Waals surface area contributed by atoms with E-state index >= 15 is 0 Å². The second-order valence-corrected chi connectivity index (χ2v) is 5.85. The molecule has 0 aliphatic carbocycles. The van der Waals surface area contributed by atoms with E-state index in [1.165, 1.54) is 0 Å². The second kappa shape index (κ2) is 5.81. The van der Waals surface area contributed by atoms with E-state index in [1.807, 2.05) is 49.4 Å². The summed E-state index contributed by atoms with van der Waals surface area (Å²) in [6.45, 7) is 2.48. The molecule has 0 spiro atoms. The van der Waals surface area contributed by atoms with Gasteiger partial charge in [0.1, 0.15) is 0 Å². The molecule has 1 heterocycles. The summed E-state index contributed by atoms with van der Waals surface area (Å²) in [7, 11) is 1.76. The van der Waals surface area contributed by atoms with Gasteiger partial charge in [0.25, 0.3) is 5.91 Å². The number of aromatic amines is 1. The van der Waals surface area contributed by atoms with Gasteiger partial charge < -0.3 is 4.90 Å². The minimum Gasteiger partial charge on any atom is -0.336 e. The summed E-state index contributed by atoms with van der Waals surface area (Å²) in [6.07, 6.45) is 0. The number of fused-ring (bicyclic) bond motifs is 1. The molecule has 0 aliphatic heterocycles. The van der Waals surface area contributed by atoms with Gasteiger partial charge in [-0.2, -0.15) is 5.10 Å². The van der Waals surface area contributed by atoms with Crippen molar-refractivity contribution in [2.24, 2.45) is 0 Å². The summed E-state index contributed by atoms with van der Waals surface area (Å²) in [5, 5.41) is 8.60. The van der Waals surface area contributed by atoms with Gasteiger partial charge >= 0.3 is 0 Å². The molecule has 0 saturated carbocycles. The number of hydrogen-bond acceptors (Lipinski definition) is 2. The molecule has 112 valence electrons. The molecule has 3 aromatic rings. The molecule has 4 nitrogen and oxygen atoms in total. The predicted octanol–water partition coefficient (Wildman–Crippen LogP) is 3.80. The molecule has 22 heavy (non-hydrogen) atoms. The number of aromatic nitrogens is 2. The van der Waals surface area contributed by atoms with Gasteiger partial charge in [0, 0.05) is 24.0 Å². The molecule has 3 rings (SSSR count). The number of rotatable bonds is 3. The molecule has 0 fully saturated rings. The minimum atomic E-state index is -0.114. The van der Waals surface area contributed by atoms with Gasteiger partial charge in [-0.05, 0) is 36.8 Å². The summed E-state index contributed by atoms with van der Waals surface area (Å²) >= 11 is 5.98. The Bertz CT molecular complexity index is 841. The summed E-state index contributed by atoms with van der Waals surface area (Å²) < 4.78 is 0. The van der Waals surface area contributed by atoms with Crippen molar-refractivity contribution in [2.45, 2.75) is 13.5 Å². The standard InChI is InChI=1S/C17H16ClN3O/c1-11-6-7-15-14(8-11)16(20-19-15)17(22)21(2)10-12-4-3-5-13(18)9-12/h3-9H,10H2,1-2H3,(H,19,20). The van der Waals surface area contributed by atoms with Gasteiger partial charge in [0.15, 0.2) is 5.69 Å². The summed E-state index contributed by atoms with van der Waals surface area (Å²) in [4.78, 5) is 14.3. The van der Waals surface area contributed by atoms with E-state index < -0.39 is 0 Å². The molecular weight excluding hydrogens is 298 g/mol. The van der Waals surface area contributed by atoms with Crippen molar-refractivity contribution in [3.05, 3.63) is 64.3 Å². The molecule has 1 aromatic heterocycles. The highest BCUT2D eigenvalue weighted by atomic mass is 35.5. The third-order valence-corrected chi connectivity index (χ3v) is 3.81. The topological polar surface area (TPSA) is 49.0 Å². The zero-order valence-corrected chi connectivity index (χ0v) is 13.2. The van der Waals surface area contributed by atoms with Crippen LogP contribution >= 0.6 is 11.6 Å². The number of carbonyl (C=O) groups excluding carboxylic acids is 1. The summed E-state index contributed by atoms with van der Waals surface area (Å²) in [6, 6.07) is 13.4. The fourth-order valence-corrected chi connectivity index (χ4v) is 2.67. The van der Waals surface area contributed by atoms with Crippen LogP contribution in [0, 0.1) is 6.92 Å². The first-order chi connectivity index (χ1) is 10.5. The van der Waals surface area contributed by atoms with Crippen LogP contribution in [0.15, 0.2) is 42.5 Å². The number of aryl methyl sites for hydroxylation is 1. The maximum Gasteiger partial charge on any atom is 0.275 e. The lowest BCUT2D eigenvalue weighted by Gasteiger charge is -2.16. The second-order valence-electron chi connectivity index (χ2n) is 5.41. The van der Waals surface area contributed by atoms with E-state index in [9.17, 15) is 4.79 Å². The van der Waals surface area contributed by atoms with Crippen LogP contribution in [0.3, 0.4) is 0 Å². The Kier molecular flexibility index (Phi) is 3.86. The number of halogens is 1. The Labute approximate surface area is 133 Å². The number of nitrogens with one attached hydrogen (secondary N) is 1. The van der Waals surface area contributed by atoms with E-state index in [0.29, 0.717) is 17.3 Å². The zero-order valence-electron chi connectivity index (χ0n) is 12.4. The van der Waals surface area contributed by atoms with Crippen LogP contribution in [0.4, 0.5) is 0 Å². The fourth-order valence-electron chi connectivity index (χ4n) is 2.45. The van der Waals surface area contributed by atoms with Crippen LogP contribution in [0.25, 0.3) is 10.9 Å². The van der Waals surface area contributed by atoms with Gasteiger partial charge in [0.2, 0.25) is 0 Å². The summed E-state index contributed by atoms with van der Waals surface area (Å²) in [5.41, 5.74) is 3.40. The van der Waals surface area contributed by atoms with Crippen molar-refractivity contribution < 1.29 is 4.79 Å². The van der Waals surface area contributed by atoms with E-state index in [0.717, 1.165) is 22.0 Å². The van der Waals surface area contributed by atoms with Gasteiger partial charge in [-0.1, -0.05) is 35.4 Å². The number of benzene rings is 2. The van der Waals surface area contributed by atoms with E-state index in [1.54, 1.807) is 11.9 Å². The van der Waals surface area contributed by atoms with Crippen LogP contribution < -0.4 is 0 Å². The van der Waals surface area contributed by atoms with Crippen molar-refractivity contribution in [3.8, 4) is 0 Å². The molecule has 1 N–H and O–H groups in total. The number of hydrogen-bond donors (Lipinski definition) is 1. The van der Waals surface area contributed by atoms with Gasteiger partial charge in [-0.3, -0.25) is 9.89 Å². The molecule has 2 aromatic carbocycles. The highest BCUT2D eigenvalue weighted by Gasteiger charge is 2.18. The lowest BCUT2D eigenvalue weighted by molar-refractivity contribution is 0.0781. The quantitative estimate of drug-likeness (QED) is 0.799. The first kappa shape index (κ1) is 14.6. The SMILES string of the molecule is Cc1ccc2[nH]nc(C(=O)N(C)Cc3cccc(Cl)c3)c2c1. The lowest BCUT2D eigenvalue weighted by Crippen LogP contribution is -2.26. The molecule has 0 bridgehead atoms. The van der Waals surface area contributed by atoms with Crippen LogP contribution in [-0.4, -0.2) is 28.1 Å². The number of carbonyl (C=O) groups is 1. The Morgan fingerprint density at radius 1 is 1.27 bits per heavy atom. The van der Waals surface area contributed by atoms with Crippen LogP contribution in [0.5, 0.6) is 0 Å². The molecule has 0 atom stereocenters. The lowest BCUT2D eigenvalue weighted by atomic mass is 10.1. The smallest absolute Gasteiger partial charge is 0.275 e. The Balaban J connectivity index is 1.87. The Morgan fingerprint density at radius 3 is 2.86 bits per heavy atom. The average molecular weight is 314 g/mol. The first-order valence-electron chi connectivity index (χ1n) is 6.99. The fraction of sp³-hybridized carbons (Fsp3) is 0.176. The molecule has 0 aliphatic rings. The largest absolute Gasteiger partial charge is 0.336 e. The molecule has 0 radical (unpaired) electrons. The normalized spacial score (nSPS) is 10.9. The van der Waals surface area contributed by atoms with Crippen molar-refractivity contribution in [2.75, 3.05) is 7.05 Å². The minimum absolute atomic E-state index is 0.114. The monoisotopic (exact) mass is 313 g/mol. The highest BCUT2D eigenvalue weighted by Crippen LogP contribution is 2.20. The Hall–Kier alpha value is -2.33. The van der Waals surface area contributed by atoms with Crippen molar-refractivity contribution >= 4 is 28.4 Å². The number of H-pyrrole nitrogens is 1. The molecule has 0 saturated heterocycles. The van der Waals surface area contributed by atoms with E-state index in [2.05, 4.69) is 10.2 Å². The number of amides is 1.